The molecule has 3 heteroatoms. The van der Waals surface area contributed by atoms with Crippen molar-refractivity contribution >= 4 is 23.0 Å². The van der Waals surface area contributed by atoms with Crippen molar-refractivity contribution in [1.29, 1.82) is 0 Å². The van der Waals surface area contributed by atoms with E-state index in [1.54, 1.807) is 6.07 Å². The van der Waals surface area contributed by atoms with Gasteiger partial charge in [0.2, 0.25) is 0 Å². The van der Waals surface area contributed by atoms with Gasteiger partial charge in [0, 0.05) is 11.7 Å². The monoisotopic (exact) mass is 226 g/mol. The highest BCUT2D eigenvalue weighted by Crippen LogP contribution is 2.28. The van der Waals surface area contributed by atoms with Gasteiger partial charge < -0.3 is 11.1 Å². The summed E-state index contributed by atoms with van der Waals surface area (Å²) in [5.74, 6) is 0. The second-order valence-electron chi connectivity index (χ2n) is 4.97. The number of nitrogens with two attached hydrogens (primary N) is 1. The number of hydrogen-bond donors (Lipinski definition) is 2. The van der Waals surface area contributed by atoms with Gasteiger partial charge in [-0.25, -0.2) is 0 Å². The van der Waals surface area contributed by atoms with Crippen LogP contribution in [0.15, 0.2) is 18.2 Å². The van der Waals surface area contributed by atoms with Crippen LogP contribution >= 0.6 is 11.6 Å². The topological polar surface area (TPSA) is 38.0 Å². The molecule has 0 bridgehead atoms. The SMILES string of the molecule is CC(Nc1ccc(N)cc1Cl)C(C)(C)C. The van der Waals surface area contributed by atoms with Crippen LogP contribution in [0.25, 0.3) is 0 Å². The molecule has 0 saturated heterocycles. The van der Waals surface area contributed by atoms with Crippen molar-refractivity contribution in [2.24, 2.45) is 5.41 Å². The molecule has 1 aromatic carbocycles. The first-order chi connectivity index (χ1) is 6.80. The molecule has 84 valence electrons. The van der Waals surface area contributed by atoms with Crippen LogP contribution in [-0.4, -0.2) is 6.04 Å². The lowest BCUT2D eigenvalue weighted by atomic mass is 9.88. The molecule has 1 rings (SSSR count). The highest BCUT2D eigenvalue weighted by molar-refractivity contribution is 6.33. The van der Waals surface area contributed by atoms with Crippen molar-refractivity contribution in [3.63, 3.8) is 0 Å². The summed E-state index contributed by atoms with van der Waals surface area (Å²) in [5.41, 5.74) is 7.46. The van der Waals surface area contributed by atoms with E-state index in [2.05, 4.69) is 33.0 Å². The number of nitrogen functional groups attached to an aromatic ring is 1. The predicted molar refractivity (Wildman–Crippen MR) is 68.4 cm³/mol. The molecule has 0 saturated carbocycles. The van der Waals surface area contributed by atoms with Crippen molar-refractivity contribution < 1.29 is 0 Å². The van der Waals surface area contributed by atoms with E-state index >= 15 is 0 Å². The van der Waals surface area contributed by atoms with E-state index in [-0.39, 0.29) is 5.41 Å². The summed E-state index contributed by atoms with van der Waals surface area (Å²) in [7, 11) is 0. The average Bonchev–Trinajstić information content (AvgIpc) is 2.08. The quantitative estimate of drug-likeness (QED) is 0.754. The number of rotatable bonds is 2. The molecule has 1 atom stereocenters. The lowest BCUT2D eigenvalue weighted by Crippen LogP contribution is -2.30. The van der Waals surface area contributed by atoms with Gasteiger partial charge >= 0.3 is 0 Å². The minimum absolute atomic E-state index is 0.199. The highest BCUT2D eigenvalue weighted by atomic mass is 35.5. The van der Waals surface area contributed by atoms with E-state index in [1.165, 1.54) is 0 Å². The first-order valence-corrected chi connectivity index (χ1v) is 5.50. The molecule has 0 aliphatic carbocycles. The summed E-state index contributed by atoms with van der Waals surface area (Å²) < 4.78 is 0. The van der Waals surface area contributed by atoms with Gasteiger partial charge in [-0.2, -0.15) is 0 Å². The van der Waals surface area contributed by atoms with Gasteiger partial charge in [0.15, 0.2) is 0 Å². The Labute approximate surface area is 96.8 Å². The molecule has 0 heterocycles. The molecule has 0 spiro atoms. The first-order valence-electron chi connectivity index (χ1n) is 5.12. The fourth-order valence-electron chi connectivity index (χ4n) is 1.10. The van der Waals surface area contributed by atoms with Crippen LogP contribution in [0.2, 0.25) is 5.02 Å². The third-order valence-corrected chi connectivity index (χ3v) is 2.98. The molecule has 0 fully saturated rings. The molecule has 0 aromatic heterocycles. The third kappa shape index (κ3) is 3.31. The van der Waals surface area contributed by atoms with Gasteiger partial charge in [-0.05, 0) is 30.5 Å². The summed E-state index contributed by atoms with van der Waals surface area (Å²) in [6.45, 7) is 8.72. The lowest BCUT2D eigenvalue weighted by Gasteiger charge is -2.29. The number of hydrogen-bond acceptors (Lipinski definition) is 2. The van der Waals surface area contributed by atoms with E-state index in [0.29, 0.717) is 16.8 Å². The second-order valence-corrected chi connectivity index (χ2v) is 5.38. The summed E-state index contributed by atoms with van der Waals surface area (Å²) in [6, 6.07) is 5.88. The van der Waals surface area contributed by atoms with Gasteiger partial charge in [-0.3, -0.25) is 0 Å². The summed E-state index contributed by atoms with van der Waals surface area (Å²) in [4.78, 5) is 0. The number of benzene rings is 1. The van der Waals surface area contributed by atoms with Crippen LogP contribution in [-0.2, 0) is 0 Å². The number of halogens is 1. The van der Waals surface area contributed by atoms with Gasteiger partial charge in [0.05, 0.1) is 10.7 Å². The zero-order chi connectivity index (χ0) is 11.6. The Morgan fingerprint density at radius 2 is 1.93 bits per heavy atom. The molecule has 1 aromatic rings. The lowest BCUT2D eigenvalue weighted by molar-refractivity contribution is 0.359. The van der Waals surface area contributed by atoms with Crippen LogP contribution in [0.1, 0.15) is 27.7 Å². The smallest absolute Gasteiger partial charge is 0.0658 e. The molecule has 15 heavy (non-hydrogen) atoms. The predicted octanol–water partition coefficient (Wildman–Crippen LogP) is 3.77. The molecule has 0 aliphatic heterocycles. The van der Waals surface area contributed by atoms with Gasteiger partial charge in [0.1, 0.15) is 0 Å². The summed E-state index contributed by atoms with van der Waals surface area (Å²) in [5, 5.41) is 4.06. The fraction of sp³-hybridized carbons (Fsp3) is 0.500. The number of nitrogens with one attached hydrogen (secondary N) is 1. The molecule has 0 aliphatic rings. The molecule has 0 amide bonds. The van der Waals surface area contributed by atoms with E-state index in [9.17, 15) is 0 Å². The van der Waals surface area contributed by atoms with Crippen molar-refractivity contribution in [3.8, 4) is 0 Å². The van der Waals surface area contributed by atoms with E-state index < -0.39 is 0 Å². The Hall–Kier alpha value is -0.890. The van der Waals surface area contributed by atoms with Crippen LogP contribution < -0.4 is 11.1 Å². The van der Waals surface area contributed by atoms with Gasteiger partial charge in [0.25, 0.3) is 0 Å². The maximum atomic E-state index is 6.08. The maximum absolute atomic E-state index is 6.08. The van der Waals surface area contributed by atoms with E-state index in [1.807, 2.05) is 12.1 Å². The van der Waals surface area contributed by atoms with Crippen LogP contribution in [0.4, 0.5) is 11.4 Å². The average molecular weight is 227 g/mol. The van der Waals surface area contributed by atoms with E-state index in [4.69, 9.17) is 17.3 Å². The van der Waals surface area contributed by atoms with Gasteiger partial charge in [-0.1, -0.05) is 32.4 Å². The standard InChI is InChI=1S/C12H19ClN2/c1-8(12(2,3)4)15-11-6-5-9(14)7-10(11)13/h5-8,15H,14H2,1-4H3. The molecule has 3 N–H and O–H groups in total. The Balaban J connectivity index is 2.82. The first kappa shape index (κ1) is 12.2. The normalized spacial score (nSPS) is 13.7. The Kier molecular flexibility index (Phi) is 3.50. The van der Waals surface area contributed by atoms with Crippen LogP contribution in [0, 0.1) is 5.41 Å². The molecular weight excluding hydrogens is 208 g/mol. The zero-order valence-corrected chi connectivity index (χ0v) is 10.5. The molecule has 0 radical (unpaired) electrons. The molecular formula is C12H19ClN2. The maximum Gasteiger partial charge on any atom is 0.0658 e. The van der Waals surface area contributed by atoms with Crippen molar-refractivity contribution in [2.75, 3.05) is 11.1 Å². The molecule has 1 unspecified atom stereocenters. The Morgan fingerprint density at radius 1 is 1.33 bits per heavy atom. The minimum Gasteiger partial charge on any atom is -0.399 e. The minimum atomic E-state index is 0.199. The summed E-state index contributed by atoms with van der Waals surface area (Å²) >= 11 is 6.08. The molecule has 2 nitrogen and oxygen atoms in total. The summed E-state index contributed by atoms with van der Waals surface area (Å²) in [6.07, 6.45) is 0. The largest absolute Gasteiger partial charge is 0.399 e. The van der Waals surface area contributed by atoms with Gasteiger partial charge in [-0.15, -0.1) is 0 Å². The highest BCUT2D eigenvalue weighted by Gasteiger charge is 2.20. The van der Waals surface area contributed by atoms with Crippen molar-refractivity contribution in [2.45, 2.75) is 33.7 Å². The van der Waals surface area contributed by atoms with Crippen molar-refractivity contribution in [3.05, 3.63) is 23.2 Å². The van der Waals surface area contributed by atoms with Crippen LogP contribution in [0.5, 0.6) is 0 Å². The fourth-order valence-corrected chi connectivity index (χ4v) is 1.34. The third-order valence-electron chi connectivity index (χ3n) is 2.66. The van der Waals surface area contributed by atoms with Crippen molar-refractivity contribution in [1.82, 2.24) is 0 Å². The van der Waals surface area contributed by atoms with Crippen LogP contribution in [0.3, 0.4) is 0 Å². The zero-order valence-electron chi connectivity index (χ0n) is 9.76. The number of anilines is 2. The van der Waals surface area contributed by atoms with E-state index in [0.717, 1.165) is 5.69 Å². The second kappa shape index (κ2) is 4.31. The Morgan fingerprint density at radius 3 is 2.40 bits per heavy atom. The Bertz CT molecular complexity index is 342.